The van der Waals surface area contributed by atoms with Crippen molar-refractivity contribution < 1.29 is 0 Å². The summed E-state index contributed by atoms with van der Waals surface area (Å²) in [5, 5.41) is 3.48. The fraction of sp³-hybridized carbons (Fsp3) is 0.571. The molecule has 0 aliphatic heterocycles. The first-order valence-corrected chi connectivity index (χ1v) is 5.85. The maximum Gasteiger partial charge on any atom is 0.0361 e. The van der Waals surface area contributed by atoms with Crippen LogP contribution in [0.25, 0.3) is 0 Å². The molecule has 90 valence electrons. The molecule has 1 aromatic rings. The third-order valence-electron chi connectivity index (χ3n) is 2.44. The van der Waals surface area contributed by atoms with Crippen molar-refractivity contribution in [2.45, 2.75) is 27.3 Å². The van der Waals surface area contributed by atoms with Crippen LogP contribution in [0.1, 0.15) is 26.3 Å². The molecular weight excluding hydrogens is 196 g/mol. The van der Waals surface area contributed by atoms with E-state index in [9.17, 15) is 0 Å². The molecule has 0 saturated heterocycles. The van der Waals surface area contributed by atoms with Crippen LogP contribution < -0.4 is 10.2 Å². The quantitative estimate of drug-likeness (QED) is 0.839. The molecule has 0 fully saturated rings. The third-order valence-corrected chi connectivity index (χ3v) is 2.44. The van der Waals surface area contributed by atoms with Crippen LogP contribution in [-0.2, 0) is 6.54 Å². The molecule has 0 aliphatic carbocycles. The number of hydrogen-bond donors (Lipinski definition) is 1. The molecular formula is C14H24N2. The Labute approximate surface area is 99.7 Å². The summed E-state index contributed by atoms with van der Waals surface area (Å²) in [7, 11) is 4.12. The average Bonchev–Trinajstić information content (AvgIpc) is 2.16. The van der Waals surface area contributed by atoms with Crippen LogP contribution in [0.15, 0.2) is 24.3 Å². The van der Waals surface area contributed by atoms with Crippen molar-refractivity contribution in [2.24, 2.45) is 5.41 Å². The van der Waals surface area contributed by atoms with Gasteiger partial charge in [-0.2, -0.15) is 0 Å². The molecule has 0 aliphatic rings. The zero-order chi connectivity index (χ0) is 12.2. The lowest BCUT2D eigenvalue weighted by atomic mass is 9.97. The zero-order valence-corrected chi connectivity index (χ0v) is 11.2. The van der Waals surface area contributed by atoms with E-state index in [0.29, 0.717) is 5.41 Å². The first-order valence-electron chi connectivity index (χ1n) is 5.85. The lowest BCUT2D eigenvalue weighted by Gasteiger charge is -2.19. The third kappa shape index (κ3) is 4.67. The summed E-state index contributed by atoms with van der Waals surface area (Å²) < 4.78 is 0. The van der Waals surface area contributed by atoms with Crippen molar-refractivity contribution in [1.29, 1.82) is 0 Å². The Hall–Kier alpha value is -1.02. The van der Waals surface area contributed by atoms with Gasteiger partial charge in [-0.05, 0) is 23.1 Å². The van der Waals surface area contributed by atoms with Crippen molar-refractivity contribution >= 4 is 5.69 Å². The molecule has 2 nitrogen and oxygen atoms in total. The van der Waals surface area contributed by atoms with Gasteiger partial charge in [0.15, 0.2) is 0 Å². The van der Waals surface area contributed by atoms with Gasteiger partial charge in [-0.3, -0.25) is 0 Å². The Morgan fingerprint density at radius 2 is 1.62 bits per heavy atom. The second-order valence-corrected chi connectivity index (χ2v) is 5.73. The molecule has 0 amide bonds. The molecule has 0 heterocycles. The van der Waals surface area contributed by atoms with Crippen LogP contribution in [0.3, 0.4) is 0 Å². The summed E-state index contributed by atoms with van der Waals surface area (Å²) in [4.78, 5) is 2.12. The first kappa shape index (κ1) is 13.0. The Bertz CT molecular complexity index is 307. The predicted octanol–water partition coefficient (Wildman–Crippen LogP) is 2.89. The van der Waals surface area contributed by atoms with Crippen molar-refractivity contribution in [3.63, 3.8) is 0 Å². The number of benzene rings is 1. The van der Waals surface area contributed by atoms with Crippen molar-refractivity contribution in [1.82, 2.24) is 5.32 Å². The van der Waals surface area contributed by atoms with E-state index in [4.69, 9.17) is 0 Å². The van der Waals surface area contributed by atoms with Gasteiger partial charge in [-0.15, -0.1) is 0 Å². The Balaban J connectivity index is 2.44. The molecule has 0 radical (unpaired) electrons. The van der Waals surface area contributed by atoms with Gasteiger partial charge < -0.3 is 10.2 Å². The molecule has 0 atom stereocenters. The van der Waals surface area contributed by atoms with Gasteiger partial charge >= 0.3 is 0 Å². The largest absolute Gasteiger partial charge is 0.378 e. The molecule has 1 rings (SSSR count). The minimum absolute atomic E-state index is 0.351. The highest BCUT2D eigenvalue weighted by molar-refractivity contribution is 5.45. The summed E-state index contributed by atoms with van der Waals surface area (Å²) >= 11 is 0. The summed E-state index contributed by atoms with van der Waals surface area (Å²) in [6.07, 6.45) is 0. The summed E-state index contributed by atoms with van der Waals surface area (Å²) in [5.41, 5.74) is 2.94. The molecule has 2 heteroatoms. The Morgan fingerprint density at radius 1 is 1.06 bits per heavy atom. The van der Waals surface area contributed by atoms with Gasteiger partial charge in [0.2, 0.25) is 0 Å². The average molecular weight is 220 g/mol. The smallest absolute Gasteiger partial charge is 0.0361 e. The SMILES string of the molecule is CN(C)c1ccc(CNCC(C)(C)C)cc1. The van der Waals surface area contributed by atoms with E-state index in [1.807, 2.05) is 0 Å². The van der Waals surface area contributed by atoms with Gasteiger partial charge in [0, 0.05) is 32.9 Å². The van der Waals surface area contributed by atoms with Gasteiger partial charge in [0.25, 0.3) is 0 Å². The van der Waals surface area contributed by atoms with Gasteiger partial charge in [0.1, 0.15) is 0 Å². The fourth-order valence-electron chi connectivity index (χ4n) is 1.49. The number of anilines is 1. The van der Waals surface area contributed by atoms with E-state index >= 15 is 0 Å². The molecule has 0 spiro atoms. The van der Waals surface area contributed by atoms with E-state index in [-0.39, 0.29) is 0 Å². The van der Waals surface area contributed by atoms with Crippen LogP contribution in [0.5, 0.6) is 0 Å². The van der Waals surface area contributed by atoms with Crippen molar-refractivity contribution in [3.8, 4) is 0 Å². The highest BCUT2D eigenvalue weighted by Crippen LogP contribution is 2.13. The fourth-order valence-corrected chi connectivity index (χ4v) is 1.49. The molecule has 0 unspecified atom stereocenters. The van der Waals surface area contributed by atoms with Crippen LogP contribution in [0, 0.1) is 5.41 Å². The summed E-state index contributed by atoms with van der Waals surface area (Å²) in [6.45, 7) is 8.73. The molecule has 0 bridgehead atoms. The van der Waals surface area contributed by atoms with Gasteiger partial charge in [-0.1, -0.05) is 32.9 Å². The Kier molecular flexibility index (Phi) is 4.36. The van der Waals surface area contributed by atoms with E-state index < -0.39 is 0 Å². The number of nitrogens with one attached hydrogen (secondary N) is 1. The second kappa shape index (κ2) is 5.35. The van der Waals surface area contributed by atoms with E-state index in [1.165, 1.54) is 11.3 Å². The van der Waals surface area contributed by atoms with E-state index in [2.05, 4.69) is 69.3 Å². The van der Waals surface area contributed by atoms with Gasteiger partial charge in [0.05, 0.1) is 0 Å². The normalized spacial score (nSPS) is 11.6. The zero-order valence-electron chi connectivity index (χ0n) is 11.2. The monoisotopic (exact) mass is 220 g/mol. The second-order valence-electron chi connectivity index (χ2n) is 5.73. The predicted molar refractivity (Wildman–Crippen MR) is 71.9 cm³/mol. The standard InChI is InChI=1S/C14H24N2/c1-14(2,3)11-15-10-12-6-8-13(9-7-12)16(4)5/h6-9,15H,10-11H2,1-5H3. The number of hydrogen-bond acceptors (Lipinski definition) is 2. The van der Waals surface area contributed by atoms with Crippen LogP contribution in [-0.4, -0.2) is 20.6 Å². The maximum atomic E-state index is 3.48. The first-order chi connectivity index (χ1) is 7.38. The maximum absolute atomic E-state index is 3.48. The lowest BCUT2D eigenvalue weighted by Crippen LogP contribution is -2.26. The van der Waals surface area contributed by atoms with E-state index in [0.717, 1.165) is 13.1 Å². The minimum atomic E-state index is 0.351. The highest BCUT2D eigenvalue weighted by atomic mass is 15.1. The van der Waals surface area contributed by atoms with E-state index in [1.54, 1.807) is 0 Å². The minimum Gasteiger partial charge on any atom is -0.378 e. The number of nitrogens with zero attached hydrogens (tertiary/aromatic N) is 1. The summed E-state index contributed by atoms with van der Waals surface area (Å²) in [6, 6.07) is 8.69. The topological polar surface area (TPSA) is 15.3 Å². The lowest BCUT2D eigenvalue weighted by molar-refractivity contribution is 0.379. The highest BCUT2D eigenvalue weighted by Gasteiger charge is 2.08. The van der Waals surface area contributed by atoms with Crippen LogP contribution >= 0.6 is 0 Å². The molecule has 0 saturated carbocycles. The molecule has 0 aromatic heterocycles. The van der Waals surface area contributed by atoms with Gasteiger partial charge in [-0.25, -0.2) is 0 Å². The van der Waals surface area contributed by atoms with Crippen molar-refractivity contribution in [3.05, 3.63) is 29.8 Å². The van der Waals surface area contributed by atoms with Crippen LogP contribution in [0.4, 0.5) is 5.69 Å². The molecule has 1 aromatic carbocycles. The van der Waals surface area contributed by atoms with Crippen LogP contribution in [0.2, 0.25) is 0 Å². The Morgan fingerprint density at radius 3 is 2.06 bits per heavy atom. The summed E-state index contributed by atoms with van der Waals surface area (Å²) in [5.74, 6) is 0. The number of rotatable bonds is 4. The van der Waals surface area contributed by atoms with Crippen molar-refractivity contribution in [2.75, 3.05) is 25.5 Å². The molecule has 16 heavy (non-hydrogen) atoms. The molecule has 1 N–H and O–H groups in total.